The number of anilines is 1. The second-order valence-electron chi connectivity index (χ2n) is 4.49. The highest BCUT2D eigenvalue weighted by molar-refractivity contribution is 7.98. The number of benzene rings is 1. The van der Waals surface area contributed by atoms with E-state index in [9.17, 15) is 0 Å². The molecule has 1 aromatic carbocycles. The standard InChI is InChI=1S/C14H19N5S/c1-18-9-10-19(2)14(18)17-16-13-6-4-12(5-7-13)15-8-11-20-3/h4-7,9-10H,8,11H2,1-3H3/p+1. The normalized spacial score (nSPS) is 11.2. The number of azo groups is 1. The molecule has 0 aliphatic heterocycles. The van der Waals surface area contributed by atoms with Gasteiger partial charge in [-0.3, -0.25) is 0 Å². The van der Waals surface area contributed by atoms with Crippen molar-refractivity contribution in [2.24, 2.45) is 24.3 Å². The second-order valence-corrected chi connectivity index (χ2v) is 5.47. The van der Waals surface area contributed by atoms with E-state index >= 15 is 0 Å². The van der Waals surface area contributed by atoms with E-state index in [-0.39, 0.29) is 0 Å². The van der Waals surface area contributed by atoms with Gasteiger partial charge in [0.1, 0.15) is 5.69 Å². The molecule has 0 fully saturated rings. The highest BCUT2D eigenvalue weighted by atomic mass is 32.2. The lowest BCUT2D eigenvalue weighted by Gasteiger charge is -2.04. The molecule has 1 aromatic heterocycles. The minimum atomic E-state index is 0.812. The summed E-state index contributed by atoms with van der Waals surface area (Å²) in [7, 11) is 3.90. The SMILES string of the molecule is CSCCNc1ccc(/N=N/c2n(C)cc[n+]2C)cc1. The van der Waals surface area contributed by atoms with Crippen molar-refractivity contribution in [2.45, 2.75) is 0 Å². The maximum absolute atomic E-state index is 4.27. The van der Waals surface area contributed by atoms with Gasteiger partial charge in [-0.2, -0.15) is 11.8 Å². The molecule has 106 valence electrons. The van der Waals surface area contributed by atoms with Gasteiger partial charge in [0.15, 0.2) is 0 Å². The third-order valence-corrected chi connectivity index (χ3v) is 3.51. The van der Waals surface area contributed by atoms with Crippen LogP contribution in [0, 0.1) is 0 Å². The number of aromatic nitrogens is 2. The highest BCUT2D eigenvalue weighted by Crippen LogP contribution is 2.18. The van der Waals surface area contributed by atoms with Gasteiger partial charge in [-0.15, -0.1) is 0 Å². The first-order valence-electron chi connectivity index (χ1n) is 6.46. The number of nitrogens with one attached hydrogen (secondary N) is 1. The minimum Gasteiger partial charge on any atom is -0.384 e. The van der Waals surface area contributed by atoms with E-state index in [0.29, 0.717) is 0 Å². The van der Waals surface area contributed by atoms with Crippen molar-refractivity contribution in [3.05, 3.63) is 36.7 Å². The number of imidazole rings is 1. The maximum atomic E-state index is 4.27. The van der Waals surface area contributed by atoms with Gasteiger partial charge in [-0.25, -0.2) is 9.13 Å². The van der Waals surface area contributed by atoms with Gasteiger partial charge in [-0.05, 0) is 30.5 Å². The van der Waals surface area contributed by atoms with Crippen LogP contribution in [0.4, 0.5) is 17.3 Å². The van der Waals surface area contributed by atoms with Crippen LogP contribution in [0.25, 0.3) is 0 Å². The molecule has 0 aliphatic carbocycles. The molecule has 0 saturated heterocycles. The summed E-state index contributed by atoms with van der Waals surface area (Å²) in [5, 5.41) is 11.9. The van der Waals surface area contributed by atoms with Crippen LogP contribution >= 0.6 is 11.8 Å². The lowest BCUT2D eigenvalue weighted by atomic mass is 10.3. The summed E-state index contributed by atoms with van der Waals surface area (Å²) in [5.74, 6) is 1.91. The summed E-state index contributed by atoms with van der Waals surface area (Å²) < 4.78 is 3.86. The largest absolute Gasteiger partial charge is 0.421 e. The zero-order valence-electron chi connectivity index (χ0n) is 12.1. The van der Waals surface area contributed by atoms with E-state index in [1.54, 1.807) is 0 Å². The molecule has 0 saturated carbocycles. The predicted octanol–water partition coefficient (Wildman–Crippen LogP) is 3.04. The Hall–Kier alpha value is -1.82. The van der Waals surface area contributed by atoms with Crippen LogP contribution in [0.1, 0.15) is 0 Å². The average molecular weight is 290 g/mol. The van der Waals surface area contributed by atoms with Crippen LogP contribution in [-0.2, 0) is 14.1 Å². The molecule has 0 atom stereocenters. The van der Waals surface area contributed by atoms with Crippen LogP contribution in [0.2, 0.25) is 0 Å². The zero-order valence-corrected chi connectivity index (χ0v) is 12.9. The average Bonchev–Trinajstić information content (AvgIpc) is 2.78. The summed E-state index contributed by atoms with van der Waals surface area (Å²) in [5.41, 5.74) is 1.96. The molecule has 0 amide bonds. The van der Waals surface area contributed by atoms with E-state index < -0.39 is 0 Å². The highest BCUT2D eigenvalue weighted by Gasteiger charge is 2.09. The van der Waals surface area contributed by atoms with Gasteiger partial charge < -0.3 is 5.32 Å². The van der Waals surface area contributed by atoms with Gasteiger partial charge >= 0.3 is 5.95 Å². The summed E-state index contributed by atoms with van der Waals surface area (Å²) in [6, 6.07) is 7.99. The topological polar surface area (TPSA) is 45.6 Å². The van der Waals surface area contributed by atoms with Crippen molar-refractivity contribution in [1.29, 1.82) is 0 Å². The molecule has 20 heavy (non-hydrogen) atoms. The van der Waals surface area contributed by atoms with E-state index in [4.69, 9.17) is 0 Å². The van der Waals surface area contributed by atoms with Crippen molar-refractivity contribution < 1.29 is 4.57 Å². The van der Waals surface area contributed by atoms with Gasteiger partial charge in [0, 0.05) is 23.1 Å². The first kappa shape index (κ1) is 14.6. The Kier molecular flexibility index (Phi) is 5.17. The molecular formula is C14H20N5S+. The van der Waals surface area contributed by atoms with Gasteiger partial charge in [0.2, 0.25) is 0 Å². The Morgan fingerprint density at radius 3 is 2.60 bits per heavy atom. The number of rotatable bonds is 6. The fourth-order valence-electron chi connectivity index (χ4n) is 1.77. The van der Waals surface area contributed by atoms with Crippen LogP contribution in [-0.4, -0.2) is 23.1 Å². The van der Waals surface area contributed by atoms with Crippen molar-refractivity contribution in [3.63, 3.8) is 0 Å². The van der Waals surface area contributed by atoms with Crippen LogP contribution < -0.4 is 9.88 Å². The molecule has 0 aliphatic rings. The Labute approximate surface area is 123 Å². The zero-order chi connectivity index (χ0) is 14.4. The fourth-order valence-corrected chi connectivity index (χ4v) is 2.08. The molecule has 2 rings (SSSR count). The Morgan fingerprint density at radius 1 is 1.25 bits per heavy atom. The lowest BCUT2D eigenvalue weighted by molar-refractivity contribution is -0.657. The minimum absolute atomic E-state index is 0.812. The van der Waals surface area contributed by atoms with Crippen molar-refractivity contribution >= 4 is 29.1 Å². The second kappa shape index (κ2) is 7.09. The third kappa shape index (κ3) is 3.84. The Balaban J connectivity index is 2.00. The summed E-state index contributed by atoms with van der Waals surface area (Å²) >= 11 is 1.83. The van der Waals surface area contributed by atoms with Crippen LogP contribution in [0.5, 0.6) is 0 Å². The molecule has 1 heterocycles. The summed E-state index contributed by atoms with van der Waals surface area (Å²) in [6.45, 7) is 0.973. The van der Waals surface area contributed by atoms with Crippen LogP contribution in [0.3, 0.4) is 0 Å². The first-order chi connectivity index (χ1) is 9.70. The van der Waals surface area contributed by atoms with Crippen molar-refractivity contribution in [2.75, 3.05) is 23.9 Å². The molecule has 5 nitrogen and oxygen atoms in total. The molecular weight excluding hydrogens is 270 g/mol. The number of nitrogens with zero attached hydrogens (tertiary/aromatic N) is 4. The molecule has 2 aromatic rings. The molecule has 0 radical (unpaired) electrons. The summed E-state index contributed by atoms with van der Waals surface area (Å²) in [4.78, 5) is 0. The number of hydrogen-bond donors (Lipinski definition) is 1. The van der Waals surface area contributed by atoms with Crippen molar-refractivity contribution in [1.82, 2.24) is 4.57 Å². The smallest absolute Gasteiger partial charge is 0.384 e. The first-order valence-corrected chi connectivity index (χ1v) is 7.85. The predicted molar refractivity (Wildman–Crippen MR) is 84.1 cm³/mol. The van der Waals surface area contributed by atoms with E-state index in [1.807, 2.05) is 71.7 Å². The van der Waals surface area contributed by atoms with Gasteiger partial charge in [0.05, 0.1) is 26.5 Å². The molecule has 0 spiro atoms. The summed E-state index contributed by atoms with van der Waals surface area (Å²) in [6.07, 6.45) is 6.01. The molecule has 1 N–H and O–H groups in total. The number of hydrogen-bond acceptors (Lipinski definition) is 4. The quantitative estimate of drug-likeness (QED) is 0.505. The molecule has 0 unspecified atom stereocenters. The van der Waals surface area contributed by atoms with Crippen LogP contribution in [0.15, 0.2) is 46.9 Å². The monoisotopic (exact) mass is 290 g/mol. The number of aryl methyl sites for hydroxylation is 2. The van der Waals surface area contributed by atoms with Gasteiger partial charge in [0.25, 0.3) is 0 Å². The van der Waals surface area contributed by atoms with Crippen molar-refractivity contribution in [3.8, 4) is 0 Å². The maximum Gasteiger partial charge on any atom is 0.421 e. The Morgan fingerprint density at radius 2 is 2.00 bits per heavy atom. The lowest BCUT2D eigenvalue weighted by Crippen LogP contribution is -2.25. The van der Waals surface area contributed by atoms with E-state index in [0.717, 1.165) is 29.6 Å². The molecule has 0 bridgehead atoms. The van der Waals surface area contributed by atoms with E-state index in [1.165, 1.54) is 0 Å². The fraction of sp³-hybridized carbons (Fsp3) is 0.357. The number of thioether (sulfide) groups is 1. The van der Waals surface area contributed by atoms with Gasteiger partial charge in [-0.1, -0.05) is 5.11 Å². The Bertz CT molecular complexity index is 554. The van der Waals surface area contributed by atoms with E-state index in [2.05, 4.69) is 21.8 Å². The third-order valence-electron chi connectivity index (χ3n) is 2.90. The molecule has 6 heteroatoms.